The molecule has 1 aromatic carbocycles. The Morgan fingerprint density at radius 3 is 2.22 bits per heavy atom. The van der Waals surface area contributed by atoms with Gasteiger partial charge in [-0.15, -0.1) is 0 Å². The smallest absolute Gasteiger partial charge is 0.172 e. The molecule has 0 amide bonds. The number of ether oxygens (including phenoxy) is 2. The van der Waals surface area contributed by atoms with Gasteiger partial charge in [0, 0.05) is 22.9 Å². The van der Waals surface area contributed by atoms with Gasteiger partial charge in [-0.2, -0.15) is 0 Å². The van der Waals surface area contributed by atoms with Gasteiger partial charge in [-0.05, 0) is 35.8 Å². The third-order valence-electron chi connectivity index (χ3n) is 3.48. The summed E-state index contributed by atoms with van der Waals surface area (Å²) in [4.78, 5) is 0. The van der Waals surface area contributed by atoms with E-state index in [-0.39, 0.29) is 5.79 Å². The highest BCUT2D eigenvalue weighted by atomic mass is 35.5. The summed E-state index contributed by atoms with van der Waals surface area (Å²) in [5.41, 5.74) is 2.37. The van der Waals surface area contributed by atoms with E-state index in [1.807, 2.05) is 12.1 Å². The first-order valence-corrected chi connectivity index (χ1v) is 6.86. The van der Waals surface area contributed by atoms with Crippen LogP contribution in [0.15, 0.2) is 24.3 Å². The first-order valence-electron chi connectivity index (χ1n) is 6.10. The number of benzene rings is 1. The molecular weight excluding hydrogens is 271 g/mol. The maximum absolute atomic E-state index is 6.03. The van der Waals surface area contributed by atoms with E-state index in [2.05, 4.69) is 6.08 Å². The number of hydrogen-bond acceptors (Lipinski definition) is 2. The summed E-state index contributed by atoms with van der Waals surface area (Å²) in [6.07, 6.45) is 4.79. The van der Waals surface area contributed by atoms with E-state index < -0.39 is 0 Å². The minimum Gasteiger partial charge on any atom is -0.347 e. The molecule has 1 spiro atoms. The van der Waals surface area contributed by atoms with Gasteiger partial charge in [-0.25, -0.2) is 0 Å². The van der Waals surface area contributed by atoms with E-state index in [0.717, 1.165) is 24.8 Å². The van der Waals surface area contributed by atoms with Crippen molar-refractivity contribution in [3.05, 3.63) is 39.9 Å². The van der Waals surface area contributed by atoms with Crippen molar-refractivity contribution in [2.75, 3.05) is 13.2 Å². The van der Waals surface area contributed by atoms with Gasteiger partial charge in [0.25, 0.3) is 0 Å². The summed E-state index contributed by atoms with van der Waals surface area (Å²) in [6.45, 7) is 1.40. The second-order valence-electron chi connectivity index (χ2n) is 4.70. The molecule has 0 bridgehead atoms. The third-order valence-corrected chi connectivity index (χ3v) is 3.92. The van der Waals surface area contributed by atoms with Crippen LogP contribution in [-0.4, -0.2) is 19.0 Å². The van der Waals surface area contributed by atoms with Crippen LogP contribution >= 0.6 is 23.2 Å². The van der Waals surface area contributed by atoms with Crippen molar-refractivity contribution >= 4 is 28.8 Å². The van der Waals surface area contributed by atoms with Crippen LogP contribution in [0.5, 0.6) is 0 Å². The van der Waals surface area contributed by atoms with E-state index in [0.29, 0.717) is 23.3 Å². The van der Waals surface area contributed by atoms with E-state index in [9.17, 15) is 0 Å². The van der Waals surface area contributed by atoms with Gasteiger partial charge in [0.15, 0.2) is 5.79 Å². The van der Waals surface area contributed by atoms with Crippen LogP contribution < -0.4 is 0 Å². The van der Waals surface area contributed by atoms with Gasteiger partial charge in [0.1, 0.15) is 0 Å². The number of hydrogen-bond donors (Lipinski definition) is 0. The van der Waals surface area contributed by atoms with Crippen molar-refractivity contribution in [3.8, 4) is 0 Å². The largest absolute Gasteiger partial charge is 0.347 e. The molecule has 0 aromatic heterocycles. The lowest BCUT2D eigenvalue weighted by molar-refractivity contribution is -0.159. The van der Waals surface area contributed by atoms with Gasteiger partial charge in [-0.3, -0.25) is 0 Å². The van der Waals surface area contributed by atoms with E-state index in [4.69, 9.17) is 32.7 Å². The molecule has 0 radical (unpaired) electrons. The van der Waals surface area contributed by atoms with Crippen LogP contribution in [0.3, 0.4) is 0 Å². The Morgan fingerprint density at radius 2 is 1.67 bits per heavy atom. The molecule has 0 N–H and O–H groups in total. The molecule has 1 heterocycles. The molecule has 1 aromatic rings. The van der Waals surface area contributed by atoms with Crippen LogP contribution in [0, 0.1) is 0 Å². The lowest BCUT2D eigenvalue weighted by atomic mass is 9.90. The zero-order chi connectivity index (χ0) is 12.6. The minimum atomic E-state index is -0.369. The van der Waals surface area contributed by atoms with Crippen molar-refractivity contribution in [3.63, 3.8) is 0 Å². The van der Waals surface area contributed by atoms with Gasteiger partial charge in [-0.1, -0.05) is 29.3 Å². The molecule has 2 aliphatic rings. The standard InChI is InChI=1S/C14H14Cl2O2/c15-12-7-11(8-13(16)9-12)10-1-3-14(4-2-10)17-5-6-18-14/h1,7-9H,2-6H2. The van der Waals surface area contributed by atoms with E-state index >= 15 is 0 Å². The quantitative estimate of drug-likeness (QED) is 0.765. The van der Waals surface area contributed by atoms with E-state index in [1.54, 1.807) is 6.07 Å². The van der Waals surface area contributed by atoms with Crippen molar-refractivity contribution in [2.45, 2.75) is 25.0 Å². The molecule has 1 saturated heterocycles. The molecule has 0 saturated carbocycles. The minimum absolute atomic E-state index is 0.369. The maximum atomic E-state index is 6.03. The Balaban J connectivity index is 1.83. The summed E-state index contributed by atoms with van der Waals surface area (Å²) in [5, 5.41) is 1.35. The molecule has 4 heteroatoms. The first kappa shape index (κ1) is 12.5. The van der Waals surface area contributed by atoms with Gasteiger partial charge in [0.2, 0.25) is 0 Å². The summed E-state index contributed by atoms with van der Waals surface area (Å²) < 4.78 is 11.4. The van der Waals surface area contributed by atoms with Crippen LogP contribution in [0.25, 0.3) is 5.57 Å². The Hall–Kier alpha value is -0.540. The second-order valence-corrected chi connectivity index (χ2v) is 5.57. The zero-order valence-corrected chi connectivity index (χ0v) is 11.4. The molecule has 1 fully saturated rings. The first-order chi connectivity index (χ1) is 8.67. The SMILES string of the molecule is Clc1cc(Cl)cc(C2=CCC3(CC2)OCCO3)c1. The van der Waals surface area contributed by atoms with Crippen LogP contribution in [0.1, 0.15) is 24.8 Å². The Morgan fingerprint density at radius 1 is 1.00 bits per heavy atom. The van der Waals surface area contributed by atoms with Gasteiger partial charge < -0.3 is 9.47 Å². The highest BCUT2D eigenvalue weighted by Gasteiger charge is 2.37. The Labute approximate surface area is 116 Å². The third kappa shape index (κ3) is 2.43. The van der Waals surface area contributed by atoms with Crippen molar-refractivity contribution in [2.24, 2.45) is 0 Å². The topological polar surface area (TPSA) is 18.5 Å². The fraction of sp³-hybridized carbons (Fsp3) is 0.429. The summed E-state index contributed by atoms with van der Waals surface area (Å²) in [5.74, 6) is -0.369. The lowest BCUT2D eigenvalue weighted by Crippen LogP contribution is -2.31. The average Bonchev–Trinajstić information content (AvgIpc) is 2.77. The predicted molar refractivity (Wildman–Crippen MR) is 72.9 cm³/mol. The Kier molecular flexibility index (Phi) is 3.37. The van der Waals surface area contributed by atoms with E-state index in [1.165, 1.54) is 5.57 Å². The molecule has 3 rings (SSSR count). The predicted octanol–water partition coefficient (Wildman–Crippen LogP) is 4.30. The van der Waals surface area contributed by atoms with Crippen molar-refractivity contribution in [1.29, 1.82) is 0 Å². The van der Waals surface area contributed by atoms with Crippen LogP contribution in [0.4, 0.5) is 0 Å². The summed E-state index contributed by atoms with van der Waals surface area (Å²) >= 11 is 12.1. The average molecular weight is 285 g/mol. The molecule has 1 aliphatic carbocycles. The number of halogens is 2. The Bertz CT molecular complexity index is 470. The van der Waals surface area contributed by atoms with Crippen LogP contribution in [0.2, 0.25) is 10.0 Å². The maximum Gasteiger partial charge on any atom is 0.172 e. The number of rotatable bonds is 1. The van der Waals surface area contributed by atoms with Gasteiger partial charge in [0.05, 0.1) is 13.2 Å². The molecular formula is C14H14Cl2O2. The second kappa shape index (κ2) is 4.86. The molecule has 0 atom stereocenters. The van der Waals surface area contributed by atoms with Crippen LogP contribution in [-0.2, 0) is 9.47 Å². The monoisotopic (exact) mass is 284 g/mol. The molecule has 2 nitrogen and oxygen atoms in total. The molecule has 1 aliphatic heterocycles. The fourth-order valence-electron chi connectivity index (χ4n) is 2.57. The van der Waals surface area contributed by atoms with Gasteiger partial charge >= 0.3 is 0 Å². The molecule has 0 unspecified atom stereocenters. The fourth-order valence-corrected chi connectivity index (χ4v) is 3.09. The van der Waals surface area contributed by atoms with Crippen molar-refractivity contribution in [1.82, 2.24) is 0 Å². The number of allylic oxidation sites excluding steroid dienone is 1. The zero-order valence-electron chi connectivity index (χ0n) is 9.92. The van der Waals surface area contributed by atoms with Crippen molar-refractivity contribution < 1.29 is 9.47 Å². The highest BCUT2D eigenvalue weighted by Crippen LogP contribution is 2.39. The molecule has 18 heavy (non-hydrogen) atoms. The lowest BCUT2D eigenvalue weighted by Gasteiger charge is -2.30. The highest BCUT2D eigenvalue weighted by molar-refractivity contribution is 6.34. The molecule has 96 valence electrons. The summed E-state index contributed by atoms with van der Waals surface area (Å²) in [7, 11) is 0. The summed E-state index contributed by atoms with van der Waals surface area (Å²) in [6, 6.07) is 5.65. The normalized spacial score (nSPS) is 22.2.